The van der Waals surface area contributed by atoms with Crippen molar-refractivity contribution in [2.45, 2.75) is 6.42 Å². The van der Waals surface area contributed by atoms with Gasteiger partial charge in [-0.05, 0) is 30.0 Å². The lowest BCUT2D eigenvalue weighted by Crippen LogP contribution is -2.01. The summed E-state index contributed by atoms with van der Waals surface area (Å²) in [7, 11) is 0. The monoisotopic (exact) mass is 152 g/mol. The molecule has 1 rings (SSSR count). The van der Waals surface area contributed by atoms with E-state index in [4.69, 9.17) is 11.0 Å². The molecule has 0 aliphatic carbocycles. The minimum Gasteiger partial charge on any atom is -0.330 e. The van der Waals surface area contributed by atoms with Gasteiger partial charge in [-0.1, -0.05) is 0 Å². The second-order valence-corrected chi connectivity index (χ2v) is 2.88. The highest BCUT2D eigenvalue weighted by atomic mass is 32.1. The average Bonchev–Trinajstić information content (AvgIpc) is 2.37. The molecule has 0 aliphatic heterocycles. The maximum atomic E-state index is 8.45. The van der Waals surface area contributed by atoms with Crippen LogP contribution in [0, 0.1) is 11.3 Å². The van der Waals surface area contributed by atoms with Gasteiger partial charge in [0.25, 0.3) is 0 Å². The van der Waals surface area contributed by atoms with Gasteiger partial charge < -0.3 is 5.73 Å². The van der Waals surface area contributed by atoms with Crippen LogP contribution < -0.4 is 5.73 Å². The maximum absolute atomic E-state index is 8.45. The Morgan fingerprint density at radius 3 is 3.00 bits per heavy atom. The highest BCUT2D eigenvalue weighted by molar-refractivity contribution is 7.10. The molecule has 0 radical (unpaired) electrons. The fourth-order valence-corrected chi connectivity index (χ4v) is 1.47. The predicted octanol–water partition coefficient (Wildman–Crippen LogP) is 1.12. The second-order valence-electron chi connectivity index (χ2n) is 1.97. The van der Waals surface area contributed by atoms with Crippen molar-refractivity contribution in [3.8, 4) is 6.07 Å². The molecule has 1 aromatic heterocycles. The fourth-order valence-electron chi connectivity index (χ4n) is 0.732. The molecule has 0 bridgehead atoms. The van der Waals surface area contributed by atoms with Gasteiger partial charge in [-0.25, -0.2) is 0 Å². The number of hydrogen-bond acceptors (Lipinski definition) is 3. The van der Waals surface area contributed by atoms with Crippen LogP contribution >= 0.6 is 11.3 Å². The summed E-state index contributed by atoms with van der Waals surface area (Å²) in [6.07, 6.45) is 0.873. The molecule has 1 aromatic rings. The summed E-state index contributed by atoms with van der Waals surface area (Å²) in [5.41, 5.74) is 6.50. The van der Waals surface area contributed by atoms with E-state index in [0.29, 0.717) is 6.54 Å². The van der Waals surface area contributed by atoms with Crippen LogP contribution in [0.15, 0.2) is 11.4 Å². The summed E-state index contributed by atoms with van der Waals surface area (Å²) < 4.78 is 0. The highest BCUT2D eigenvalue weighted by Gasteiger charge is 1.95. The van der Waals surface area contributed by atoms with E-state index in [1.807, 2.05) is 11.4 Å². The molecule has 10 heavy (non-hydrogen) atoms. The molecular weight excluding hydrogens is 144 g/mol. The molecular formula is C7H8N2S. The zero-order valence-electron chi connectivity index (χ0n) is 5.50. The number of nitrogens with zero attached hydrogens (tertiary/aromatic N) is 1. The zero-order chi connectivity index (χ0) is 7.40. The van der Waals surface area contributed by atoms with E-state index in [1.165, 1.54) is 16.9 Å². The van der Waals surface area contributed by atoms with E-state index in [-0.39, 0.29) is 0 Å². The lowest BCUT2D eigenvalue weighted by Gasteiger charge is -1.86. The number of thiophene rings is 1. The Kier molecular flexibility index (Phi) is 2.43. The minimum atomic E-state index is 0.654. The summed E-state index contributed by atoms with van der Waals surface area (Å²) in [5, 5.41) is 10.4. The van der Waals surface area contributed by atoms with Crippen molar-refractivity contribution in [1.82, 2.24) is 0 Å². The molecule has 3 heteroatoms. The van der Waals surface area contributed by atoms with Crippen LogP contribution in [-0.4, -0.2) is 6.54 Å². The molecule has 2 nitrogen and oxygen atoms in total. The van der Waals surface area contributed by atoms with E-state index in [9.17, 15) is 0 Å². The van der Waals surface area contributed by atoms with Gasteiger partial charge in [-0.15, -0.1) is 11.3 Å². The van der Waals surface area contributed by atoms with E-state index < -0.39 is 0 Å². The molecule has 0 fully saturated rings. The van der Waals surface area contributed by atoms with Crippen molar-refractivity contribution in [1.29, 1.82) is 5.26 Å². The molecule has 52 valence electrons. The average molecular weight is 152 g/mol. The number of nitriles is 1. The quantitative estimate of drug-likeness (QED) is 0.690. The largest absolute Gasteiger partial charge is 0.330 e. The van der Waals surface area contributed by atoms with Crippen molar-refractivity contribution in [2.24, 2.45) is 5.73 Å². The maximum Gasteiger partial charge on any atom is 0.110 e. The molecule has 0 atom stereocenters. The van der Waals surface area contributed by atoms with Crippen LogP contribution in [0.1, 0.15) is 10.4 Å². The molecule has 0 aromatic carbocycles. The third-order valence-corrected chi connectivity index (χ3v) is 2.08. The first-order chi connectivity index (χ1) is 4.86. The third kappa shape index (κ3) is 1.56. The summed E-state index contributed by atoms with van der Waals surface area (Å²) >= 11 is 1.47. The van der Waals surface area contributed by atoms with Crippen LogP contribution in [0.2, 0.25) is 0 Å². The Hall–Kier alpha value is -0.850. The van der Waals surface area contributed by atoms with Crippen molar-refractivity contribution in [2.75, 3.05) is 6.54 Å². The van der Waals surface area contributed by atoms with Gasteiger partial charge in [-0.3, -0.25) is 0 Å². The van der Waals surface area contributed by atoms with E-state index in [2.05, 4.69) is 6.07 Å². The van der Waals surface area contributed by atoms with Gasteiger partial charge in [-0.2, -0.15) is 5.26 Å². The van der Waals surface area contributed by atoms with Crippen LogP contribution in [0.4, 0.5) is 0 Å². The summed E-state index contributed by atoms with van der Waals surface area (Å²) in [5.74, 6) is 0. The number of hydrogen-bond donors (Lipinski definition) is 1. The van der Waals surface area contributed by atoms with Crippen LogP contribution in [-0.2, 0) is 6.42 Å². The van der Waals surface area contributed by atoms with Crippen LogP contribution in [0.25, 0.3) is 0 Å². The number of rotatable bonds is 2. The molecule has 0 amide bonds. The van der Waals surface area contributed by atoms with Crippen LogP contribution in [0.5, 0.6) is 0 Å². The Balaban J connectivity index is 2.71. The molecule has 0 saturated heterocycles. The van der Waals surface area contributed by atoms with Crippen molar-refractivity contribution >= 4 is 11.3 Å². The van der Waals surface area contributed by atoms with Gasteiger partial charge in [0.15, 0.2) is 0 Å². The highest BCUT2D eigenvalue weighted by Crippen LogP contribution is 2.12. The molecule has 0 aliphatic rings. The van der Waals surface area contributed by atoms with E-state index >= 15 is 0 Å². The van der Waals surface area contributed by atoms with Gasteiger partial charge in [0, 0.05) is 0 Å². The summed E-state index contributed by atoms with van der Waals surface area (Å²) in [6.45, 7) is 0.654. The van der Waals surface area contributed by atoms with E-state index in [1.54, 1.807) is 0 Å². The first-order valence-corrected chi connectivity index (χ1v) is 3.92. The molecule has 1 heterocycles. The normalized spacial score (nSPS) is 9.20. The Labute approximate surface area is 63.9 Å². The molecule has 0 saturated carbocycles. The Morgan fingerprint density at radius 2 is 2.50 bits per heavy atom. The standard InChI is InChI=1S/C7H8N2S/c8-2-1-6-3-7(4-9)10-5-6/h3,5H,1-2,8H2. The Bertz CT molecular complexity index is 246. The van der Waals surface area contributed by atoms with Gasteiger partial charge in [0.1, 0.15) is 10.9 Å². The first kappa shape index (κ1) is 7.26. The molecule has 0 spiro atoms. The fraction of sp³-hybridized carbons (Fsp3) is 0.286. The van der Waals surface area contributed by atoms with Gasteiger partial charge in [0.2, 0.25) is 0 Å². The van der Waals surface area contributed by atoms with Gasteiger partial charge >= 0.3 is 0 Å². The van der Waals surface area contributed by atoms with Crippen molar-refractivity contribution in [3.63, 3.8) is 0 Å². The van der Waals surface area contributed by atoms with Crippen molar-refractivity contribution < 1.29 is 0 Å². The molecule has 2 N–H and O–H groups in total. The smallest absolute Gasteiger partial charge is 0.110 e. The van der Waals surface area contributed by atoms with Crippen molar-refractivity contribution in [3.05, 3.63) is 21.9 Å². The third-order valence-electron chi connectivity index (χ3n) is 1.20. The SMILES string of the molecule is N#Cc1cc(CCN)cs1. The summed E-state index contributed by atoms with van der Waals surface area (Å²) in [6, 6.07) is 3.97. The zero-order valence-corrected chi connectivity index (χ0v) is 6.32. The van der Waals surface area contributed by atoms with Crippen LogP contribution in [0.3, 0.4) is 0 Å². The summed E-state index contributed by atoms with van der Waals surface area (Å²) in [4.78, 5) is 0.767. The molecule has 0 unspecified atom stereocenters. The van der Waals surface area contributed by atoms with E-state index in [0.717, 1.165) is 11.3 Å². The lowest BCUT2D eigenvalue weighted by atomic mass is 10.2. The lowest BCUT2D eigenvalue weighted by molar-refractivity contribution is 0.974. The second kappa shape index (κ2) is 3.35. The Morgan fingerprint density at radius 1 is 1.70 bits per heavy atom. The first-order valence-electron chi connectivity index (χ1n) is 3.04. The topological polar surface area (TPSA) is 49.8 Å². The predicted molar refractivity (Wildman–Crippen MR) is 41.8 cm³/mol. The number of nitrogens with two attached hydrogens (primary N) is 1. The minimum absolute atomic E-state index is 0.654. The van der Waals surface area contributed by atoms with Gasteiger partial charge in [0.05, 0.1) is 0 Å².